The van der Waals surface area contributed by atoms with Crippen LogP contribution in [0.2, 0.25) is 0 Å². The molecule has 1 aromatic heterocycles. The van der Waals surface area contributed by atoms with E-state index in [9.17, 15) is 16.8 Å². The topological polar surface area (TPSA) is 134 Å². The summed E-state index contributed by atoms with van der Waals surface area (Å²) in [6, 6.07) is 5.44. The SMILES string of the molecule is CS(=O)(=O)Nc1ccc(S(=O)(=O)NCCSc2ncn[nH]2)cc1. The van der Waals surface area contributed by atoms with Crippen LogP contribution in [0.5, 0.6) is 0 Å². The number of aromatic nitrogens is 3. The zero-order valence-electron chi connectivity index (χ0n) is 12.1. The predicted molar refractivity (Wildman–Crippen MR) is 87.2 cm³/mol. The van der Waals surface area contributed by atoms with Gasteiger partial charge in [0.15, 0.2) is 5.16 Å². The summed E-state index contributed by atoms with van der Waals surface area (Å²) in [4.78, 5) is 3.97. The van der Waals surface area contributed by atoms with E-state index in [1.807, 2.05) is 0 Å². The molecule has 2 aromatic rings. The van der Waals surface area contributed by atoms with E-state index in [1.54, 1.807) is 0 Å². The molecule has 12 heteroatoms. The molecule has 0 radical (unpaired) electrons. The lowest BCUT2D eigenvalue weighted by Crippen LogP contribution is -2.26. The highest BCUT2D eigenvalue weighted by molar-refractivity contribution is 7.99. The third-order valence-corrected chi connectivity index (χ3v) is 5.46. The van der Waals surface area contributed by atoms with E-state index >= 15 is 0 Å². The van der Waals surface area contributed by atoms with Crippen LogP contribution < -0.4 is 9.44 Å². The van der Waals surface area contributed by atoms with Crippen molar-refractivity contribution in [3.05, 3.63) is 30.6 Å². The lowest BCUT2D eigenvalue weighted by atomic mass is 10.3. The predicted octanol–water partition coefficient (Wildman–Crippen LogP) is 0.247. The molecule has 126 valence electrons. The summed E-state index contributed by atoms with van der Waals surface area (Å²) in [5, 5.41) is 6.96. The van der Waals surface area contributed by atoms with Crippen LogP contribution in [0.1, 0.15) is 0 Å². The van der Waals surface area contributed by atoms with Crippen LogP contribution in [0.3, 0.4) is 0 Å². The van der Waals surface area contributed by atoms with Crippen molar-refractivity contribution in [2.24, 2.45) is 0 Å². The van der Waals surface area contributed by atoms with Crippen molar-refractivity contribution in [3.8, 4) is 0 Å². The van der Waals surface area contributed by atoms with Crippen LogP contribution >= 0.6 is 11.8 Å². The first-order valence-electron chi connectivity index (χ1n) is 6.32. The maximum atomic E-state index is 12.1. The number of nitrogens with one attached hydrogen (secondary N) is 3. The van der Waals surface area contributed by atoms with Crippen LogP contribution in [0.15, 0.2) is 40.6 Å². The van der Waals surface area contributed by atoms with E-state index in [0.717, 1.165) is 6.26 Å². The van der Waals surface area contributed by atoms with Crippen LogP contribution in [0, 0.1) is 0 Å². The van der Waals surface area contributed by atoms with Gasteiger partial charge in [-0.15, -0.1) is 0 Å². The molecule has 1 aromatic carbocycles. The largest absolute Gasteiger partial charge is 0.284 e. The molecule has 1 heterocycles. The van der Waals surface area contributed by atoms with Crippen molar-refractivity contribution in [1.29, 1.82) is 0 Å². The van der Waals surface area contributed by atoms with E-state index in [4.69, 9.17) is 0 Å². The summed E-state index contributed by atoms with van der Waals surface area (Å²) in [6.07, 6.45) is 2.39. The first-order chi connectivity index (χ1) is 10.8. The van der Waals surface area contributed by atoms with E-state index in [0.29, 0.717) is 16.6 Å². The molecule has 0 aliphatic carbocycles. The highest BCUT2D eigenvalue weighted by Crippen LogP contribution is 2.15. The van der Waals surface area contributed by atoms with Crippen molar-refractivity contribution in [3.63, 3.8) is 0 Å². The van der Waals surface area contributed by atoms with Gasteiger partial charge < -0.3 is 0 Å². The fourth-order valence-corrected chi connectivity index (χ4v) is 3.95. The average molecular weight is 377 g/mol. The van der Waals surface area contributed by atoms with E-state index < -0.39 is 20.0 Å². The first-order valence-corrected chi connectivity index (χ1v) is 10.7. The van der Waals surface area contributed by atoms with Gasteiger partial charge >= 0.3 is 0 Å². The normalized spacial score (nSPS) is 12.2. The number of nitrogens with zero attached hydrogens (tertiary/aromatic N) is 2. The van der Waals surface area contributed by atoms with Gasteiger partial charge in [-0.05, 0) is 24.3 Å². The smallest absolute Gasteiger partial charge is 0.240 e. The van der Waals surface area contributed by atoms with Crippen LogP contribution in [-0.4, -0.2) is 50.6 Å². The Morgan fingerprint density at radius 1 is 1.17 bits per heavy atom. The van der Waals surface area contributed by atoms with E-state index in [1.165, 1.54) is 42.4 Å². The van der Waals surface area contributed by atoms with Gasteiger partial charge in [0.1, 0.15) is 6.33 Å². The second-order valence-corrected chi connectivity index (χ2v) is 9.03. The van der Waals surface area contributed by atoms with Gasteiger partial charge in [-0.25, -0.2) is 26.5 Å². The number of benzene rings is 1. The Morgan fingerprint density at radius 3 is 2.43 bits per heavy atom. The van der Waals surface area contributed by atoms with Crippen LogP contribution in [-0.2, 0) is 20.0 Å². The monoisotopic (exact) mass is 377 g/mol. The molecule has 0 bridgehead atoms. The van der Waals surface area contributed by atoms with Crippen LogP contribution in [0.25, 0.3) is 0 Å². The molecule has 2 rings (SSSR count). The Labute approximate surface area is 138 Å². The highest BCUT2D eigenvalue weighted by Gasteiger charge is 2.13. The molecule has 0 amide bonds. The van der Waals surface area contributed by atoms with Gasteiger partial charge in [-0.2, -0.15) is 5.10 Å². The Balaban J connectivity index is 1.91. The summed E-state index contributed by atoms with van der Waals surface area (Å²) in [6.45, 7) is 0.219. The number of sulfonamides is 2. The van der Waals surface area contributed by atoms with Crippen molar-refractivity contribution < 1.29 is 16.8 Å². The first kappa shape index (κ1) is 17.7. The number of aromatic amines is 1. The average Bonchev–Trinajstić information content (AvgIpc) is 2.96. The summed E-state index contributed by atoms with van der Waals surface area (Å²) >= 11 is 1.34. The molecule has 0 spiro atoms. The van der Waals surface area contributed by atoms with Gasteiger partial charge in [-0.3, -0.25) is 9.82 Å². The maximum absolute atomic E-state index is 12.1. The quantitative estimate of drug-likeness (QED) is 0.443. The molecule has 0 saturated heterocycles. The lowest BCUT2D eigenvalue weighted by Gasteiger charge is -2.08. The standard InChI is InChI=1S/C11H15N5O4S3/c1-22(17,18)16-9-2-4-10(5-3-9)23(19,20)14-6-7-21-11-12-8-13-15-11/h2-5,8,14,16H,6-7H2,1H3,(H,12,13,15). The number of H-pyrrole nitrogens is 1. The molecule has 0 aliphatic heterocycles. The summed E-state index contributed by atoms with van der Waals surface area (Å²) in [5.41, 5.74) is 0.298. The minimum Gasteiger partial charge on any atom is -0.284 e. The zero-order valence-corrected chi connectivity index (χ0v) is 14.5. The highest BCUT2D eigenvalue weighted by atomic mass is 32.2. The number of hydrogen-bond donors (Lipinski definition) is 3. The molecular formula is C11H15N5O4S3. The second kappa shape index (κ2) is 7.29. The van der Waals surface area contributed by atoms with Gasteiger partial charge in [-0.1, -0.05) is 11.8 Å². The fourth-order valence-electron chi connectivity index (χ4n) is 1.59. The van der Waals surface area contributed by atoms with E-state index in [2.05, 4.69) is 24.6 Å². The minimum absolute atomic E-state index is 0.0567. The van der Waals surface area contributed by atoms with E-state index in [-0.39, 0.29) is 11.4 Å². The minimum atomic E-state index is -3.65. The third kappa shape index (κ3) is 5.82. The zero-order chi connectivity index (χ0) is 16.9. The summed E-state index contributed by atoms with van der Waals surface area (Å²) in [7, 11) is -7.05. The number of rotatable bonds is 8. The van der Waals surface area contributed by atoms with Crippen molar-refractivity contribution in [2.45, 2.75) is 10.1 Å². The Morgan fingerprint density at radius 2 is 1.87 bits per heavy atom. The summed E-state index contributed by atoms with van der Waals surface area (Å²) < 4.78 is 51.1. The molecule has 0 saturated carbocycles. The second-order valence-electron chi connectivity index (χ2n) is 4.44. The number of anilines is 1. The van der Waals surface area contributed by atoms with Gasteiger partial charge in [0, 0.05) is 18.0 Å². The van der Waals surface area contributed by atoms with Gasteiger partial charge in [0.05, 0.1) is 11.2 Å². The molecular weight excluding hydrogens is 362 g/mol. The van der Waals surface area contributed by atoms with Crippen molar-refractivity contribution >= 4 is 37.5 Å². The van der Waals surface area contributed by atoms with Gasteiger partial charge in [0.25, 0.3) is 0 Å². The van der Waals surface area contributed by atoms with Crippen molar-refractivity contribution in [2.75, 3.05) is 23.3 Å². The number of hydrogen-bond acceptors (Lipinski definition) is 7. The molecule has 23 heavy (non-hydrogen) atoms. The van der Waals surface area contributed by atoms with Gasteiger partial charge in [0.2, 0.25) is 20.0 Å². The number of thioether (sulfide) groups is 1. The lowest BCUT2D eigenvalue weighted by molar-refractivity contribution is 0.584. The maximum Gasteiger partial charge on any atom is 0.240 e. The third-order valence-electron chi connectivity index (χ3n) is 2.49. The van der Waals surface area contributed by atoms with Crippen molar-refractivity contribution in [1.82, 2.24) is 19.9 Å². The molecule has 0 aliphatic rings. The van der Waals surface area contributed by atoms with Crippen LogP contribution in [0.4, 0.5) is 5.69 Å². The molecule has 0 atom stereocenters. The Hall–Kier alpha value is -1.63. The Bertz CT molecular complexity index is 832. The molecule has 0 fully saturated rings. The summed E-state index contributed by atoms with van der Waals surface area (Å²) in [5.74, 6) is 0.488. The molecule has 9 nitrogen and oxygen atoms in total. The molecule has 3 N–H and O–H groups in total. The molecule has 0 unspecified atom stereocenters. The Kier molecular flexibility index (Phi) is 5.62. The fraction of sp³-hybridized carbons (Fsp3) is 0.273.